The summed E-state index contributed by atoms with van der Waals surface area (Å²) in [5.74, 6) is -2.04. The highest BCUT2D eigenvalue weighted by atomic mass is 16.6. The predicted octanol–water partition coefficient (Wildman–Crippen LogP) is 4.23. The second kappa shape index (κ2) is 13.0. The Kier molecular flexibility index (Phi) is 11.3. The Bertz CT molecular complexity index is 971. The number of ether oxygens (including phenoxy) is 4. The van der Waals surface area contributed by atoms with Gasteiger partial charge in [0.1, 0.15) is 18.8 Å². The molecule has 9 nitrogen and oxygen atoms in total. The Morgan fingerprint density at radius 2 is 1.32 bits per heavy atom. The van der Waals surface area contributed by atoms with Crippen molar-refractivity contribution in [2.45, 2.75) is 87.8 Å². The number of esters is 4. The van der Waals surface area contributed by atoms with Crippen LogP contribution in [0.2, 0.25) is 0 Å². The van der Waals surface area contributed by atoms with Crippen LogP contribution in [0.5, 0.6) is 11.5 Å². The van der Waals surface area contributed by atoms with Crippen LogP contribution in [-0.2, 0) is 35.1 Å². The molecule has 0 saturated heterocycles. The molecule has 2 N–H and O–H groups in total. The van der Waals surface area contributed by atoms with Crippen molar-refractivity contribution in [2.24, 2.45) is 28.4 Å². The van der Waals surface area contributed by atoms with Gasteiger partial charge >= 0.3 is 23.9 Å². The molecule has 3 atom stereocenters. The van der Waals surface area contributed by atoms with E-state index in [-0.39, 0.29) is 42.3 Å². The van der Waals surface area contributed by atoms with E-state index in [1.165, 1.54) is 12.1 Å². The van der Waals surface area contributed by atoms with Crippen molar-refractivity contribution >= 4 is 23.9 Å². The second-order valence-corrected chi connectivity index (χ2v) is 11.8. The van der Waals surface area contributed by atoms with Crippen molar-refractivity contribution in [1.82, 2.24) is 0 Å². The number of rotatable bonds is 10. The lowest BCUT2D eigenvalue weighted by Crippen LogP contribution is -2.36. The minimum Gasteiger partial charge on any atom is -0.461 e. The molecule has 0 spiro atoms. The molecule has 208 valence electrons. The van der Waals surface area contributed by atoms with Crippen LogP contribution in [0, 0.1) is 22.7 Å². The highest BCUT2D eigenvalue weighted by Gasteiger charge is 2.29. The first kappa shape index (κ1) is 32.1. The Morgan fingerprint density at radius 3 is 1.81 bits per heavy atom. The van der Waals surface area contributed by atoms with Crippen molar-refractivity contribution in [3.05, 3.63) is 23.8 Å². The third-order valence-electron chi connectivity index (χ3n) is 5.55. The summed E-state index contributed by atoms with van der Waals surface area (Å²) in [5.41, 5.74) is 5.05. The molecule has 0 aliphatic heterocycles. The molecule has 0 aromatic heterocycles. The first-order valence-electron chi connectivity index (χ1n) is 12.5. The average Bonchev–Trinajstić information content (AvgIpc) is 2.76. The summed E-state index contributed by atoms with van der Waals surface area (Å²) in [7, 11) is 0. The van der Waals surface area contributed by atoms with Gasteiger partial charge in [0, 0.05) is 0 Å². The first-order chi connectivity index (χ1) is 16.8. The lowest BCUT2D eigenvalue weighted by Gasteiger charge is -2.21. The molecule has 37 heavy (non-hydrogen) atoms. The van der Waals surface area contributed by atoms with Gasteiger partial charge in [-0.05, 0) is 78.5 Å². The fourth-order valence-electron chi connectivity index (χ4n) is 2.61. The number of carbonyl (C=O) groups excluding carboxylic acids is 4. The number of benzene rings is 1. The van der Waals surface area contributed by atoms with E-state index in [9.17, 15) is 19.2 Å². The molecule has 1 aromatic carbocycles. The van der Waals surface area contributed by atoms with Gasteiger partial charge in [-0.25, -0.2) is 0 Å². The maximum atomic E-state index is 12.5. The van der Waals surface area contributed by atoms with Gasteiger partial charge in [-0.3, -0.25) is 19.2 Å². The van der Waals surface area contributed by atoms with Gasteiger partial charge in [0.2, 0.25) is 0 Å². The van der Waals surface area contributed by atoms with Crippen LogP contribution in [-0.4, -0.2) is 42.6 Å². The Hall–Kier alpha value is -2.94. The Labute approximate surface area is 220 Å². The summed E-state index contributed by atoms with van der Waals surface area (Å²) in [6, 6.07) is 3.62. The number of hydrogen-bond acceptors (Lipinski definition) is 9. The van der Waals surface area contributed by atoms with Gasteiger partial charge in [-0.2, -0.15) is 0 Å². The van der Waals surface area contributed by atoms with Crippen molar-refractivity contribution < 1.29 is 38.1 Å². The molecular formula is C28H43NO8. The van der Waals surface area contributed by atoms with E-state index < -0.39 is 40.9 Å². The van der Waals surface area contributed by atoms with E-state index in [4.69, 9.17) is 24.7 Å². The summed E-state index contributed by atoms with van der Waals surface area (Å²) in [6.07, 6.45) is -0.546. The lowest BCUT2D eigenvalue weighted by atomic mass is 9.97. The summed E-state index contributed by atoms with van der Waals surface area (Å²) in [6.45, 7) is 17.4. The molecule has 0 fully saturated rings. The van der Waals surface area contributed by atoms with E-state index in [2.05, 4.69) is 0 Å². The molecule has 0 heterocycles. The van der Waals surface area contributed by atoms with Crippen LogP contribution in [0.3, 0.4) is 0 Å². The number of nitrogens with two attached hydrogens (primary N) is 1. The van der Waals surface area contributed by atoms with Crippen molar-refractivity contribution in [1.29, 1.82) is 0 Å². The Morgan fingerprint density at radius 1 is 0.811 bits per heavy atom. The average molecular weight is 522 g/mol. The van der Waals surface area contributed by atoms with Crippen LogP contribution in [0.15, 0.2) is 18.2 Å². The summed E-state index contributed by atoms with van der Waals surface area (Å²) in [5, 5.41) is 0. The van der Waals surface area contributed by atoms with E-state index in [0.29, 0.717) is 5.56 Å². The van der Waals surface area contributed by atoms with Gasteiger partial charge in [-0.15, -0.1) is 0 Å². The van der Waals surface area contributed by atoms with Crippen LogP contribution in [0.25, 0.3) is 0 Å². The van der Waals surface area contributed by atoms with Crippen LogP contribution in [0.4, 0.5) is 0 Å². The smallest absolute Gasteiger partial charge is 0.323 e. The monoisotopic (exact) mass is 521 g/mol. The first-order valence-corrected chi connectivity index (χ1v) is 12.5. The zero-order chi connectivity index (χ0) is 28.7. The van der Waals surface area contributed by atoms with Gasteiger partial charge in [-0.1, -0.05) is 26.8 Å². The zero-order valence-electron chi connectivity index (χ0n) is 23.8. The molecule has 0 radical (unpaired) electrons. The molecule has 0 saturated carbocycles. The fourth-order valence-corrected chi connectivity index (χ4v) is 2.61. The van der Waals surface area contributed by atoms with E-state index in [1.807, 2.05) is 13.8 Å². The molecule has 1 unspecified atom stereocenters. The summed E-state index contributed by atoms with van der Waals surface area (Å²) < 4.78 is 21.6. The second-order valence-electron chi connectivity index (χ2n) is 11.8. The zero-order valence-corrected chi connectivity index (χ0v) is 23.8. The molecule has 0 aliphatic carbocycles. The maximum absolute atomic E-state index is 12.5. The topological polar surface area (TPSA) is 131 Å². The van der Waals surface area contributed by atoms with Gasteiger partial charge in [0.05, 0.1) is 16.7 Å². The quantitative estimate of drug-likeness (QED) is 0.355. The summed E-state index contributed by atoms with van der Waals surface area (Å²) in [4.78, 5) is 49.5. The standard InChI is InChI=1S/C28H43NO8/c1-16(2)18(4)23(30)35-17(3)15-34-24(31)20(29)13-19-11-12-21(36-25(32)27(5,6)7)22(14-19)37-26(33)28(8,9)10/h11-12,14,16-18,20H,13,15,29H2,1-10H3/t17-,18?,20-/m0/s1. The highest BCUT2D eigenvalue weighted by Crippen LogP contribution is 2.33. The van der Waals surface area contributed by atoms with Gasteiger partial charge in [0.15, 0.2) is 11.5 Å². The molecule has 9 heteroatoms. The van der Waals surface area contributed by atoms with Crippen LogP contribution in [0.1, 0.15) is 74.8 Å². The van der Waals surface area contributed by atoms with Crippen molar-refractivity contribution in [2.75, 3.05) is 6.61 Å². The normalized spacial score (nSPS) is 14.4. The highest BCUT2D eigenvalue weighted by molar-refractivity contribution is 5.81. The van der Waals surface area contributed by atoms with Crippen LogP contribution >= 0.6 is 0 Å². The minimum absolute atomic E-state index is 0.0513. The fraction of sp³-hybridized carbons (Fsp3) is 0.643. The van der Waals surface area contributed by atoms with Gasteiger partial charge in [0.25, 0.3) is 0 Å². The minimum atomic E-state index is -1.02. The summed E-state index contributed by atoms with van der Waals surface area (Å²) >= 11 is 0. The largest absolute Gasteiger partial charge is 0.461 e. The molecule has 1 aromatic rings. The third-order valence-corrected chi connectivity index (χ3v) is 5.55. The number of hydrogen-bond donors (Lipinski definition) is 1. The maximum Gasteiger partial charge on any atom is 0.323 e. The van der Waals surface area contributed by atoms with Crippen molar-refractivity contribution in [3.8, 4) is 11.5 Å². The van der Waals surface area contributed by atoms with E-state index >= 15 is 0 Å². The third kappa shape index (κ3) is 10.5. The molecule has 1 rings (SSSR count). The predicted molar refractivity (Wildman–Crippen MR) is 139 cm³/mol. The van der Waals surface area contributed by atoms with Crippen molar-refractivity contribution in [3.63, 3.8) is 0 Å². The molecule has 0 aliphatic rings. The SMILES string of the molecule is CC(C)C(C)C(=O)O[C@@H](C)COC(=O)[C@@H](N)Cc1ccc(OC(=O)C(C)(C)C)c(OC(=O)C(C)(C)C)c1. The van der Waals surface area contributed by atoms with E-state index in [0.717, 1.165) is 0 Å². The molecule has 0 bridgehead atoms. The van der Waals surface area contributed by atoms with Gasteiger partial charge < -0.3 is 24.7 Å². The molecule has 0 amide bonds. The van der Waals surface area contributed by atoms with E-state index in [1.54, 1.807) is 61.5 Å². The Balaban J connectivity index is 2.92. The molecular weight excluding hydrogens is 478 g/mol. The number of carbonyl (C=O) groups is 4. The lowest BCUT2D eigenvalue weighted by molar-refractivity contribution is -0.162. The van der Waals surface area contributed by atoms with Crippen LogP contribution < -0.4 is 15.2 Å².